The summed E-state index contributed by atoms with van der Waals surface area (Å²) in [6, 6.07) is 18.3. The van der Waals surface area contributed by atoms with Gasteiger partial charge in [0.2, 0.25) is 0 Å². The summed E-state index contributed by atoms with van der Waals surface area (Å²) in [7, 11) is -3.30. The van der Waals surface area contributed by atoms with Gasteiger partial charge in [-0.15, -0.1) is 0 Å². The third kappa shape index (κ3) is 3.57. The van der Waals surface area contributed by atoms with E-state index in [0.717, 1.165) is 4.46 Å². The van der Waals surface area contributed by atoms with E-state index >= 15 is 0 Å². The van der Waals surface area contributed by atoms with E-state index in [1.165, 1.54) is 5.41 Å². The minimum absolute atomic E-state index is 0.0448. The Morgan fingerprint density at radius 3 is 2.00 bits per heavy atom. The van der Waals surface area contributed by atoms with E-state index in [1.54, 1.807) is 35.3 Å². The molecule has 0 bridgehead atoms. The van der Waals surface area contributed by atoms with Gasteiger partial charge in [0.05, 0.1) is 0 Å². The van der Waals surface area contributed by atoms with Crippen LogP contribution in [0.4, 0.5) is 0 Å². The molecule has 0 aliphatic heterocycles. The molecule has 2 aromatic carbocycles. The average Bonchev–Trinajstić information content (AvgIpc) is 2.41. The molecule has 18 heavy (non-hydrogen) atoms. The first-order valence-corrected chi connectivity index (χ1v) is 8.76. The molecule has 0 unspecified atom stereocenters. The molecule has 0 saturated heterocycles. The molecule has 4 heteroatoms. The summed E-state index contributed by atoms with van der Waals surface area (Å²) >= 11 is 0.0448. The van der Waals surface area contributed by atoms with Gasteiger partial charge in [-0.25, -0.2) is 0 Å². The monoisotopic (exact) mass is 324 g/mol. The van der Waals surface area contributed by atoms with Gasteiger partial charge in [0, 0.05) is 0 Å². The van der Waals surface area contributed by atoms with Gasteiger partial charge < -0.3 is 0 Å². The Morgan fingerprint density at radius 2 is 1.39 bits per heavy atom. The fraction of sp³-hybridized carbons (Fsp3) is 0. The van der Waals surface area contributed by atoms with Crippen LogP contribution in [0.3, 0.4) is 0 Å². The van der Waals surface area contributed by atoms with E-state index in [-0.39, 0.29) is 15.0 Å². The summed E-state index contributed by atoms with van der Waals surface area (Å²) in [5, 5.41) is 1.30. The fourth-order valence-electron chi connectivity index (χ4n) is 1.37. The molecule has 0 spiro atoms. The molecule has 2 nitrogen and oxygen atoms in total. The molecule has 0 N–H and O–H groups in total. The molecule has 0 aromatic heterocycles. The summed E-state index contributed by atoms with van der Waals surface area (Å²) in [5.74, 6) is 0. The number of benzene rings is 2. The van der Waals surface area contributed by atoms with Crippen molar-refractivity contribution in [2.75, 3.05) is 0 Å². The van der Waals surface area contributed by atoms with Gasteiger partial charge in [-0.05, 0) is 0 Å². The second-order valence-corrected chi connectivity index (χ2v) is 7.45. The minimum atomic E-state index is -3.30. The van der Waals surface area contributed by atoms with E-state index in [0.29, 0.717) is 4.90 Å². The Balaban J connectivity index is 2.10. The Bertz CT molecular complexity index is 619. The zero-order chi connectivity index (χ0) is 12.8. The Hall–Kier alpha value is -1.35. The second kappa shape index (κ2) is 6.00. The normalized spacial score (nSPS) is 11.8. The maximum absolute atomic E-state index is 11.9. The predicted octanol–water partition coefficient (Wildman–Crippen LogP) is 1.96. The molecule has 92 valence electrons. The van der Waals surface area contributed by atoms with Crippen molar-refractivity contribution in [3.05, 3.63) is 71.0 Å². The van der Waals surface area contributed by atoms with Gasteiger partial charge in [-0.3, -0.25) is 0 Å². The summed E-state index contributed by atoms with van der Waals surface area (Å²) in [4.78, 5) is 2.08. The molecular weight excluding hydrogens is 311 g/mol. The van der Waals surface area contributed by atoms with Crippen molar-refractivity contribution in [3.63, 3.8) is 0 Å². The average molecular weight is 323 g/mol. The van der Waals surface area contributed by atoms with E-state index in [4.69, 9.17) is 0 Å². The SMILES string of the molecule is O=S(=O)(/C=C/[Se]c1ccccc1)c1ccccc1. The van der Waals surface area contributed by atoms with Crippen molar-refractivity contribution in [1.82, 2.24) is 0 Å². The van der Waals surface area contributed by atoms with E-state index in [1.807, 2.05) is 30.3 Å². The van der Waals surface area contributed by atoms with E-state index in [2.05, 4.69) is 0 Å². The van der Waals surface area contributed by atoms with Crippen LogP contribution in [0.1, 0.15) is 0 Å². The molecule has 0 amide bonds. The van der Waals surface area contributed by atoms with Crippen molar-refractivity contribution in [1.29, 1.82) is 0 Å². The summed E-state index contributed by atoms with van der Waals surface area (Å²) < 4.78 is 25.0. The maximum atomic E-state index is 11.9. The molecule has 0 aliphatic carbocycles. The summed E-state index contributed by atoms with van der Waals surface area (Å²) in [6.45, 7) is 0. The van der Waals surface area contributed by atoms with Crippen molar-refractivity contribution in [2.24, 2.45) is 0 Å². The van der Waals surface area contributed by atoms with Crippen LogP contribution in [0.5, 0.6) is 0 Å². The van der Waals surface area contributed by atoms with Crippen LogP contribution >= 0.6 is 0 Å². The second-order valence-electron chi connectivity index (χ2n) is 3.56. The van der Waals surface area contributed by atoms with Crippen molar-refractivity contribution in [2.45, 2.75) is 4.90 Å². The quantitative estimate of drug-likeness (QED) is 0.806. The summed E-state index contributed by atoms with van der Waals surface area (Å²) in [6.07, 6.45) is 0. The van der Waals surface area contributed by atoms with Crippen LogP contribution in [0, 0.1) is 0 Å². The molecule has 0 atom stereocenters. The third-order valence-electron chi connectivity index (χ3n) is 2.25. The zero-order valence-corrected chi connectivity index (χ0v) is 12.1. The third-order valence-corrected chi connectivity index (χ3v) is 5.78. The van der Waals surface area contributed by atoms with Crippen LogP contribution in [0.15, 0.2) is 75.9 Å². The molecule has 0 radical (unpaired) electrons. The van der Waals surface area contributed by atoms with Crippen molar-refractivity contribution in [3.8, 4) is 0 Å². The number of hydrogen-bond donors (Lipinski definition) is 0. The Labute approximate surface area is 113 Å². The number of hydrogen-bond acceptors (Lipinski definition) is 2. The van der Waals surface area contributed by atoms with Crippen molar-refractivity contribution < 1.29 is 8.42 Å². The van der Waals surface area contributed by atoms with Crippen LogP contribution in [0.2, 0.25) is 0 Å². The van der Waals surface area contributed by atoms with Crippen LogP contribution in [0.25, 0.3) is 0 Å². The first-order chi connectivity index (χ1) is 8.68. The topological polar surface area (TPSA) is 34.1 Å². The molecule has 0 saturated carbocycles. The van der Waals surface area contributed by atoms with Gasteiger partial charge in [-0.2, -0.15) is 0 Å². The van der Waals surface area contributed by atoms with Gasteiger partial charge in [0.25, 0.3) is 0 Å². The first-order valence-electron chi connectivity index (χ1n) is 5.37. The van der Waals surface area contributed by atoms with Crippen LogP contribution in [-0.4, -0.2) is 23.4 Å². The molecule has 0 aliphatic rings. The Morgan fingerprint density at radius 1 is 0.833 bits per heavy atom. The molecule has 2 aromatic rings. The summed E-state index contributed by atoms with van der Waals surface area (Å²) in [5.41, 5.74) is 0. The standard InChI is InChI=1S/C14H12O2SSe/c15-17(16,13-7-3-1-4-8-13)11-12-18-14-9-5-2-6-10-14/h1-12H/b12-11+. The van der Waals surface area contributed by atoms with Crippen molar-refractivity contribution >= 4 is 29.3 Å². The Kier molecular flexibility index (Phi) is 4.37. The predicted molar refractivity (Wildman–Crippen MR) is 74.6 cm³/mol. The number of rotatable bonds is 4. The number of sulfone groups is 1. The molecule has 2 rings (SSSR count). The first kappa shape index (κ1) is 13.1. The molecular formula is C14H12O2SSe. The molecule has 0 fully saturated rings. The van der Waals surface area contributed by atoms with Gasteiger partial charge >= 0.3 is 114 Å². The molecule has 0 heterocycles. The van der Waals surface area contributed by atoms with E-state index < -0.39 is 9.84 Å². The zero-order valence-electron chi connectivity index (χ0n) is 9.56. The van der Waals surface area contributed by atoms with Crippen LogP contribution in [-0.2, 0) is 9.84 Å². The van der Waals surface area contributed by atoms with Gasteiger partial charge in [-0.1, -0.05) is 0 Å². The van der Waals surface area contributed by atoms with E-state index in [9.17, 15) is 8.42 Å². The van der Waals surface area contributed by atoms with Gasteiger partial charge in [0.15, 0.2) is 0 Å². The van der Waals surface area contributed by atoms with Crippen LogP contribution < -0.4 is 4.46 Å². The van der Waals surface area contributed by atoms with Gasteiger partial charge in [0.1, 0.15) is 0 Å². The fourth-order valence-corrected chi connectivity index (χ4v) is 4.52.